The van der Waals surface area contributed by atoms with Gasteiger partial charge in [0.1, 0.15) is 0 Å². The minimum Gasteiger partial charge on any atom is -0.383 e. The summed E-state index contributed by atoms with van der Waals surface area (Å²) in [6.45, 7) is 0.130. The summed E-state index contributed by atoms with van der Waals surface area (Å²) in [5.74, 6) is -2.37. The summed E-state index contributed by atoms with van der Waals surface area (Å²) < 4.78 is 55.9. The predicted octanol–water partition coefficient (Wildman–Crippen LogP) is 0.517. The maximum Gasteiger partial charge on any atom is 0.273 e. The van der Waals surface area contributed by atoms with Crippen molar-refractivity contribution < 1.29 is 21.9 Å². The molecule has 0 spiro atoms. The molecule has 0 aliphatic carbocycles. The van der Waals surface area contributed by atoms with Gasteiger partial charge in [-0.25, -0.2) is 22.3 Å². The Hall–Kier alpha value is -1.91. The zero-order valence-electron chi connectivity index (χ0n) is 11.0. The van der Waals surface area contributed by atoms with E-state index in [4.69, 9.17) is 9.88 Å². The van der Waals surface area contributed by atoms with Crippen molar-refractivity contribution in [3.05, 3.63) is 29.8 Å². The third-order valence-electron chi connectivity index (χ3n) is 2.68. The quantitative estimate of drug-likeness (QED) is 0.866. The van der Waals surface area contributed by atoms with Crippen LogP contribution in [-0.2, 0) is 21.3 Å². The van der Waals surface area contributed by atoms with Crippen LogP contribution < -0.4 is 5.14 Å². The fourth-order valence-electron chi connectivity index (χ4n) is 1.76. The molecule has 7 nitrogen and oxygen atoms in total. The smallest absolute Gasteiger partial charge is 0.273 e. The van der Waals surface area contributed by atoms with Gasteiger partial charge in [-0.2, -0.15) is 0 Å². The Labute approximate surface area is 119 Å². The van der Waals surface area contributed by atoms with Gasteiger partial charge in [-0.1, -0.05) is 6.07 Å². The maximum atomic E-state index is 13.8. The molecule has 2 aromatic rings. The molecule has 0 saturated heterocycles. The van der Waals surface area contributed by atoms with E-state index >= 15 is 0 Å². The molecular weight excluding hydrogens is 306 g/mol. The van der Waals surface area contributed by atoms with E-state index in [2.05, 4.69) is 10.2 Å². The van der Waals surface area contributed by atoms with Crippen molar-refractivity contribution in [1.82, 2.24) is 14.8 Å². The highest BCUT2D eigenvalue weighted by molar-refractivity contribution is 7.89. The van der Waals surface area contributed by atoms with Gasteiger partial charge in [0.25, 0.3) is 15.2 Å². The molecule has 0 fully saturated rings. The Bertz CT molecular complexity index is 761. The van der Waals surface area contributed by atoms with Gasteiger partial charge in [0.05, 0.1) is 18.7 Å². The summed E-state index contributed by atoms with van der Waals surface area (Å²) in [5.41, 5.74) is -0.214. The molecule has 0 aliphatic heterocycles. The Balaban J connectivity index is 2.64. The first kappa shape index (κ1) is 15.5. The fourth-order valence-corrected chi connectivity index (χ4v) is 2.40. The molecule has 0 radical (unpaired) electrons. The number of hydrogen-bond acceptors (Lipinski definition) is 5. The summed E-state index contributed by atoms with van der Waals surface area (Å²) in [5, 5.41) is 11.5. The third kappa shape index (κ3) is 3.06. The van der Waals surface area contributed by atoms with E-state index < -0.39 is 26.8 Å². The van der Waals surface area contributed by atoms with E-state index in [1.165, 1.54) is 19.2 Å². The van der Waals surface area contributed by atoms with Gasteiger partial charge in [0.15, 0.2) is 17.5 Å². The molecule has 1 heterocycles. The molecule has 2 rings (SSSR count). The van der Waals surface area contributed by atoms with Gasteiger partial charge in [0, 0.05) is 7.11 Å². The van der Waals surface area contributed by atoms with Crippen molar-refractivity contribution in [3.63, 3.8) is 0 Å². The summed E-state index contributed by atoms with van der Waals surface area (Å²) >= 11 is 0. The van der Waals surface area contributed by atoms with Crippen molar-refractivity contribution in [3.8, 4) is 11.4 Å². The van der Waals surface area contributed by atoms with Crippen molar-refractivity contribution in [1.29, 1.82) is 0 Å². The van der Waals surface area contributed by atoms with Crippen LogP contribution >= 0.6 is 0 Å². The number of methoxy groups -OCH3 is 1. The average Bonchev–Trinajstić information content (AvgIpc) is 2.83. The lowest BCUT2D eigenvalue weighted by atomic mass is 10.2. The largest absolute Gasteiger partial charge is 0.383 e. The second-order valence-corrected chi connectivity index (χ2v) is 5.55. The summed E-state index contributed by atoms with van der Waals surface area (Å²) in [4.78, 5) is 0. The molecule has 1 aromatic heterocycles. The van der Waals surface area contributed by atoms with Crippen molar-refractivity contribution in [2.24, 2.45) is 5.14 Å². The number of rotatable bonds is 5. The van der Waals surface area contributed by atoms with Crippen molar-refractivity contribution >= 4 is 10.0 Å². The first-order chi connectivity index (χ1) is 9.86. The Morgan fingerprint density at radius 2 is 2.05 bits per heavy atom. The third-order valence-corrected chi connectivity index (χ3v) is 3.49. The molecule has 0 unspecified atom stereocenters. The number of nitrogens with two attached hydrogens (primary N) is 1. The highest BCUT2D eigenvalue weighted by Crippen LogP contribution is 2.24. The highest BCUT2D eigenvalue weighted by atomic mass is 32.2. The van der Waals surface area contributed by atoms with E-state index in [1.807, 2.05) is 0 Å². The Kier molecular flexibility index (Phi) is 4.30. The molecule has 0 saturated carbocycles. The number of benzene rings is 1. The van der Waals surface area contributed by atoms with Gasteiger partial charge >= 0.3 is 0 Å². The number of sulfonamides is 1. The molecule has 0 amide bonds. The minimum absolute atomic E-state index is 0.0144. The lowest BCUT2D eigenvalue weighted by Crippen LogP contribution is -2.20. The number of primary sulfonamides is 1. The highest BCUT2D eigenvalue weighted by Gasteiger charge is 2.24. The van der Waals surface area contributed by atoms with Gasteiger partial charge < -0.3 is 4.74 Å². The van der Waals surface area contributed by atoms with Crippen LogP contribution in [0.2, 0.25) is 0 Å². The van der Waals surface area contributed by atoms with Crippen LogP contribution in [-0.4, -0.2) is 36.9 Å². The number of halogens is 2. The topological polar surface area (TPSA) is 100 Å². The first-order valence-electron chi connectivity index (χ1n) is 5.75. The summed E-state index contributed by atoms with van der Waals surface area (Å²) in [6.07, 6.45) is 0. The van der Waals surface area contributed by atoms with Gasteiger partial charge in [0.2, 0.25) is 0 Å². The van der Waals surface area contributed by atoms with Crippen LogP contribution in [0.5, 0.6) is 0 Å². The molecule has 0 bridgehead atoms. The number of aromatic nitrogens is 3. The lowest BCUT2D eigenvalue weighted by molar-refractivity contribution is 0.185. The van der Waals surface area contributed by atoms with Gasteiger partial charge in [-0.3, -0.25) is 4.57 Å². The zero-order chi connectivity index (χ0) is 15.6. The molecule has 2 N–H and O–H groups in total. The second-order valence-electron chi connectivity index (χ2n) is 4.10. The molecule has 0 aliphatic rings. The van der Waals surface area contributed by atoms with Gasteiger partial charge in [-0.15, -0.1) is 10.2 Å². The molecule has 21 heavy (non-hydrogen) atoms. The zero-order valence-corrected chi connectivity index (χ0v) is 11.8. The maximum absolute atomic E-state index is 13.8. The number of ether oxygens (including phenoxy) is 1. The van der Waals surface area contributed by atoms with E-state index in [-0.39, 0.29) is 24.5 Å². The minimum atomic E-state index is -4.16. The standard InChI is InChI=1S/C11H12F2N4O3S/c1-20-6-5-17-10(15-16-11(17)21(14,18)19)7-3-2-4-8(12)9(7)13/h2-4H,5-6H2,1H3,(H2,14,18,19). The number of hydrogen-bond donors (Lipinski definition) is 1. The molecule has 0 atom stereocenters. The normalized spacial score (nSPS) is 11.8. The fraction of sp³-hybridized carbons (Fsp3) is 0.273. The van der Waals surface area contributed by atoms with Crippen LogP contribution in [0.15, 0.2) is 23.4 Å². The van der Waals surface area contributed by atoms with Crippen molar-refractivity contribution in [2.45, 2.75) is 11.7 Å². The molecule has 1 aromatic carbocycles. The average molecular weight is 318 g/mol. The van der Waals surface area contributed by atoms with Crippen LogP contribution in [0.4, 0.5) is 8.78 Å². The summed E-state index contributed by atoms with van der Waals surface area (Å²) in [6, 6.07) is 3.48. The van der Waals surface area contributed by atoms with Gasteiger partial charge in [-0.05, 0) is 12.1 Å². The monoisotopic (exact) mass is 318 g/mol. The number of nitrogens with zero attached hydrogens (tertiary/aromatic N) is 3. The summed E-state index contributed by atoms with van der Waals surface area (Å²) in [7, 11) is -2.75. The Morgan fingerprint density at radius 3 is 2.67 bits per heavy atom. The second kappa shape index (κ2) is 5.84. The molecule has 114 valence electrons. The predicted molar refractivity (Wildman–Crippen MR) is 68.6 cm³/mol. The van der Waals surface area contributed by atoms with E-state index in [0.29, 0.717) is 0 Å². The molecule has 10 heteroatoms. The van der Waals surface area contributed by atoms with E-state index in [0.717, 1.165) is 10.6 Å². The van der Waals surface area contributed by atoms with E-state index in [1.54, 1.807) is 0 Å². The Morgan fingerprint density at radius 1 is 1.33 bits per heavy atom. The SMILES string of the molecule is COCCn1c(-c2cccc(F)c2F)nnc1S(N)(=O)=O. The van der Waals surface area contributed by atoms with Crippen LogP contribution in [0.25, 0.3) is 11.4 Å². The molecular formula is C11H12F2N4O3S. The lowest BCUT2D eigenvalue weighted by Gasteiger charge is -2.09. The van der Waals surface area contributed by atoms with Crippen molar-refractivity contribution in [2.75, 3.05) is 13.7 Å². The van der Waals surface area contributed by atoms with Crippen LogP contribution in [0.3, 0.4) is 0 Å². The van der Waals surface area contributed by atoms with E-state index in [9.17, 15) is 17.2 Å². The van der Waals surface area contributed by atoms with Crippen LogP contribution in [0.1, 0.15) is 0 Å². The first-order valence-corrected chi connectivity index (χ1v) is 7.30. The van der Waals surface area contributed by atoms with Crippen LogP contribution in [0, 0.1) is 11.6 Å².